The number of hydrogen-bond acceptors (Lipinski definition) is 3. The molecule has 0 unspecified atom stereocenters. The minimum absolute atomic E-state index is 0.187. The predicted molar refractivity (Wildman–Crippen MR) is 43.0 cm³/mol. The third-order valence-corrected chi connectivity index (χ3v) is 3.30. The molecule has 0 aromatic carbocycles. The van der Waals surface area contributed by atoms with Crippen molar-refractivity contribution in [3.63, 3.8) is 0 Å². The smallest absolute Gasteiger partial charge is 0.323 e. The van der Waals surface area contributed by atoms with E-state index in [0.717, 1.165) is 12.8 Å². The molecular weight excluding hydrogens is 172 g/mol. The molecule has 0 heterocycles. The number of methoxy groups -OCH3 is 1. The Balaban J connectivity index is 2.15. The molecule has 0 bridgehead atoms. The van der Waals surface area contributed by atoms with E-state index < -0.39 is 17.4 Å². The summed E-state index contributed by atoms with van der Waals surface area (Å²) in [5.74, 6) is -1.62. The number of carbonyl (C=O) groups excluding carboxylic acids is 1. The molecule has 13 heavy (non-hydrogen) atoms. The largest absolute Gasteiger partial charge is 0.480 e. The zero-order valence-corrected chi connectivity index (χ0v) is 7.50. The monoisotopic (exact) mass is 184 g/mol. The van der Waals surface area contributed by atoms with Gasteiger partial charge in [0.1, 0.15) is 0 Å². The molecular formula is C9H12O4. The number of esters is 1. The average molecular weight is 184 g/mol. The van der Waals surface area contributed by atoms with E-state index in [1.807, 2.05) is 0 Å². The minimum atomic E-state index is -1.22. The number of carbonyl (C=O) groups is 2. The van der Waals surface area contributed by atoms with E-state index in [1.165, 1.54) is 7.11 Å². The lowest BCUT2D eigenvalue weighted by atomic mass is 9.59. The van der Waals surface area contributed by atoms with Gasteiger partial charge in [-0.3, -0.25) is 9.59 Å². The fraction of sp³-hybridized carbons (Fsp3) is 0.778. The highest BCUT2D eigenvalue weighted by atomic mass is 16.5. The van der Waals surface area contributed by atoms with Crippen molar-refractivity contribution in [2.45, 2.75) is 25.7 Å². The van der Waals surface area contributed by atoms with Crippen molar-refractivity contribution in [2.75, 3.05) is 7.11 Å². The van der Waals surface area contributed by atoms with Crippen LogP contribution in [0.15, 0.2) is 0 Å². The van der Waals surface area contributed by atoms with Gasteiger partial charge in [0.15, 0.2) is 5.41 Å². The molecule has 2 saturated carbocycles. The molecule has 0 saturated heterocycles. The molecule has 0 radical (unpaired) electrons. The molecule has 1 N–H and O–H groups in total. The van der Waals surface area contributed by atoms with E-state index in [-0.39, 0.29) is 5.41 Å². The molecule has 4 nitrogen and oxygen atoms in total. The summed E-state index contributed by atoms with van der Waals surface area (Å²) >= 11 is 0. The molecule has 0 aliphatic heterocycles. The summed E-state index contributed by atoms with van der Waals surface area (Å²) in [5, 5.41) is 8.94. The standard InChI is InChI=1S/C9H12O4/c1-13-7(12)9(6(10)11)4-8(5-9)2-3-8/h2-5H2,1H3,(H,10,11). The van der Waals surface area contributed by atoms with Crippen LogP contribution in [-0.2, 0) is 14.3 Å². The van der Waals surface area contributed by atoms with Crippen LogP contribution in [0, 0.1) is 10.8 Å². The fourth-order valence-electron chi connectivity index (χ4n) is 2.34. The number of carboxylic acid groups (broad SMARTS) is 1. The average Bonchev–Trinajstić information content (AvgIpc) is 2.78. The summed E-state index contributed by atoms with van der Waals surface area (Å²) in [6.07, 6.45) is 3.09. The molecule has 0 atom stereocenters. The van der Waals surface area contributed by atoms with Gasteiger partial charge in [-0.25, -0.2) is 0 Å². The van der Waals surface area contributed by atoms with Gasteiger partial charge in [-0.15, -0.1) is 0 Å². The van der Waals surface area contributed by atoms with Crippen LogP contribution in [0.4, 0.5) is 0 Å². The first kappa shape index (κ1) is 8.53. The van der Waals surface area contributed by atoms with E-state index in [9.17, 15) is 9.59 Å². The number of hydrogen-bond donors (Lipinski definition) is 1. The van der Waals surface area contributed by atoms with E-state index in [2.05, 4.69) is 4.74 Å². The first-order valence-electron chi connectivity index (χ1n) is 4.37. The quantitative estimate of drug-likeness (QED) is 0.509. The SMILES string of the molecule is COC(=O)C1(C(=O)O)CC2(CC2)C1. The van der Waals surface area contributed by atoms with Crippen LogP contribution in [-0.4, -0.2) is 24.2 Å². The molecule has 0 aromatic rings. The van der Waals surface area contributed by atoms with Gasteiger partial charge in [-0.05, 0) is 31.1 Å². The summed E-state index contributed by atoms with van der Waals surface area (Å²) in [6, 6.07) is 0. The Morgan fingerprint density at radius 1 is 1.31 bits per heavy atom. The highest BCUT2D eigenvalue weighted by molar-refractivity contribution is 6.00. The zero-order chi connectivity index (χ0) is 9.69. The lowest BCUT2D eigenvalue weighted by molar-refractivity contribution is -0.179. The van der Waals surface area contributed by atoms with Crippen molar-refractivity contribution in [3.05, 3.63) is 0 Å². The van der Waals surface area contributed by atoms with Crippen molar-refractivity contribution in [3.8, 4) is 0 Å². The molecule has 2 aliphatic rings. The molecule has 72 valence electrons. The summed E-state index contributed by atoms with van der Waals surface area (Å²) in [4.78, 5) is 22.2. The van der Waals surface area contributed by atoms with Crippen molar-refractivity contribution >= 4 is 11.9 Å². The maximum absolute atomic E-state index is 11.3. The zero-order valence-electron chi connectivity index (χ0n) is 7.50. The van der Waals surface area contributed by atoms with Crippen LogP contribution in [0.25, 0.3) is 0 Å². The Morgan fingerprint density at radius 2 is 1.85 bits per heavy atom. The second kappa shape index (κ2) is 2.25. The Labute approximate surface area is 75.9 Å². The van der Waals surface area contributed by atoms with Gasteiger partial charge in [-0.1, -0.05) is 0 Å². The first-order chi connectivity index (χ1) is 6.05. The van der Waals surface area contributed by atoms with Gasteiger partial charge in [-0.2, -0.15) is 0 Å². The van der Waals surface area contributed by atoms with E-state index in [1.54, 1.807) is 0 Å². The Kier molecular flexibility index (Phi) is 1.47. The molecule has 0 amide bonds. The van der Waals surface area contributed by atoms with Crippen LogP contribution < -0.4 is 0 Å². The van der Waals surface area contributed by atoms with Crippen LogP contribution in [0.5, 0.6) is 0 Å². The summed E-state index contributed by atoms with van der Waals surface area (Å²) < 4.78 is 4.52. The van der Waals surface area contributed by atoms with Gasteiger partial charge in [0, 0.05) is 0 Å². The van der Waals surface area contributed by atoms with E-state index >= 15 is 0 Å². The lowest BCUT2D eigenvalue weighted by Gasteiger charge is -2.42. The van der Waals surface area contributed by atoms with Crippen molar-refractivity contribution < 1.29 is 19.4 Å². The van der Waals surface area contributed by atoms with Crippen LogP contribution in [0.3, 0.4) is 0 Å². The van der Waals surface area contributed by atoms with E-state index in [4.69, 9.17) is 5.11 Å². The topological polar surface area (TPSA) is 63.6 Å². The molecule has 2 rings (SSSR count). The van der Waals surface area contributed by atoms with Crippen LogP contribution in [0.2, 0.25) is 0 Å². The van der Waals surface area contributed by atoms with Crippen molar-refractivity contribution in [2.24, 2.45) is 10.8 Å². The Hall–Kier alpha value is -1.06. The van der Waals surface area contributed by atoms with Crippen molar-refractivity contribution in [1.82, 2.24) is 0 Å². The fourth-order valence-corrected chi connectivity index (χ4v) is 2.34. The highest BCUT2D eigenvalue weighted by Gasteiger charge is 2.68. The van der Waals surface area contributed by atoms with E-state index in [0.29, 0.717) is 12.8 Å². The van der Waals surface area contributed by atoms with Gasteiger partial charge in [0.25, 0.3) is 0 Å². The van der Waals surface area contributed by atoms with Gasteiger partial charge in [0.05, 0.1) is 7.11 Å². The number of aliphatic carboxylic acids is 1. The molecule has 4 heteroatoms. The third-order valence-electron chi connectivity index (χ3n) is 3.30. The van der Waals surface area contributed by atoms with Crippen LogP contribution >= 0.6 is 0 Å². The number of rotatable bonds is 2. The normalized spacial score (nSPS) is 26.2. The Bertz CT molecular complexity index is 269. The highest BCUT2D eigenvalue weighted by Crippen LogP contribution is 2.68. The summed E-state index contributed by atoms with van der Waals surface area (Å²) in [5.41, 5.74) is -1.03. The lowest BCUT2D eigenvalue weighted by Crippen LogP contribution is -2.51. The molecule has 2 aliphatic carbocycles. The second-order valence-electron chi connectivity index (χ2n) is 4.23. The number of ether oxygens (including phenoxy) is 1. The second-order valence-corrected chi connectivity index (χ2v) is 4.23. The first-order valence-corrected chi connectivity index (χ1v) is 4.37. The number of carboxylic acids is 1. The maximum Gasteiger partial charge on any atom is 0.323 e. The molecule has 0 aromatic heterocycles. The third kappa shape index (κ3) is 0.975. The molecule has 2 fully saturated rings. The predicted octanol–water partition coefficient (Wildman–Crippen LogP) is 0.804. The van der Waals surface area contributed by atoms with Gasteiger partial charge in [0.2, 0.25) is 0 Å². The van der Waals surface area contributed by atoms with Gasteiger partial charge >= 0.3 is 11.9 Å². The van der Waals surface area contributed by atoms with Crippen LogP contribution in [0.1, 0.15) is 25.7 Å². The molecule has 1 spiro atoms. The van der Waals surface area contributed by atoms with Crippen molar-refractivity contribution in [1.29, 1.82) is 0 Å². The van der Waals surface area contributed by atoms with Gasteiger partial charge < -0.3 is 9.84 Å². The summed E-state index contributed by atoms with van der Waals surface area (Å²) in [6.45, 7) is 0. The summed E-state index contributed by atoms with van der Waals surface area (Å²) in [7, 11) is 1.24. The minimum Gasteiger partial charge on any atom is -0.480 e. The maximum atomic E-state index is 11.3. The Morgan fingerprint density at radius 3 is 2.15 bits per heavy atom.